The fraction of sp³-hybridized carbons (Fsp3) is 0.816. The number of hydrogen-bond donors (Lipinski definition) is 2. The van der Waals surface area contributed by atoms with Gasteiger partial charge in [-0.2, -0.15) is 13.2 Å². The van der Waals surface area contributed by atoms with Crippen LogP contribution in [0.15, 0.2) is 12.2 Å². The molecule has 2 unspecified atom stereocenters. The lowest BCUT2D eigenvalue weighted by molar-refractivity contribution is -0.219. The minimum atomic E-state index is -5.16. The van der Waals surface area contributed by atoms with E-state index in [1.165, 1.54) is 108 Å². The number of fused-ring (bicyclic) bond motifs is 3. The molecule has 1 spiro atoms. The Morgan fingerprint density at radius 1 is 0.610 bits per heavy atom. The summed E-state index contributed by atoms with van der Waals surface area (Å²) in [4.78, 5) is 195. The molecule has 105 heavy (non-hydrogen) atoms. The summed E-state index contributed by atoms with van der Waals surface area (Å²) in [6.07, 6.45) is 0.920. The van der Waals surface area contributed by atoms with Gasteiger partial charge in [-0.05, 0) is 131 Å². The molecule has 5 saturated carbocycles. The number of nitrogens with zero attached hydrogens (tertiary/aromatic N) is 10. The van der Waals surface area contributed by atoms with E-state index in [9.17, 15) is 32.3 Å². The van der Waals surface area contributed by atoms with Gasteiger partial charge in [0.15, 0.2) is 0 Å². The summed E-state index contributed by atoms with van der Waals surface area (Å²) in [6.45, 7) is 6.32. The molecule has 0 aromatic rings. The summed E-state index contributed by atoms with van der Waals surface area (Å²) in [5.41, 5.74) is -1.55. The molecule has 5 aliphatic carbocycles. The highest BCUT2D eigenvalue weighted by Crippen LogP contribution is 2.46. The van der Waals surface area contributed by atoms with Gasteiger partial charge in [0.05, 0.1) is 19.5 Å². The molecular formula is C76H119F5N12O12. The predicted molar refractivity (Wildman–Crippen MR) is 382 cm³/mol. The van der Waals surface area contributed by atoms with Crippen LogP contribution in [-0.2, 0) is 57.5 Å². The lowest BCUT2D eigenvalue weighted by Gasteiger charge is -2.51. The van der Waals surface area contributed by atoms with Gasteiger partial charge in [-0.25, -0.2) is 8.78 Å². The van der Waals surface area contributed by atoms with Gasteiger partial charge in [0, 0.05) is 76.5 Å². The van der Waals surface area contributed by atoms with Gasteiger partial charge >= 0.3 is 6.18 Å². The second-order valence-electron chi connectivity index (χ2n) is 32.8. The first-order chi connectivity index (χ1) is 49.4. The second-order valence-corrected chi connectivity index (χ2v) is 32.8. The minimum absolute atomic E-state index is 0.0270. The average Bonchev–Trinajstić information content (AvgIpc) is 1.63. The number of amides is 12. The third-order valence-corrected chi connectivity index (χ3v) is 25.2. The number of halogens is 5. The molecule has 3 heterocycles. The Morgan fingerprint density at radius 2 is 1.22 bits per heavy atom. The zero-order valence-electron chi connectivity index (χ0n) is 64.3. The fourth-order valence-electron chi connectivity index (χ4n) is 17.7. The molecule has 2 bridgehead atoms. The molecule has 7 fully saturated rings. The second kappa shape index (κ2) is 35.8. The summed E-state index contributed by atoms with van der Waals surface area (Å²) in [6, 6.07) is -10.2. The summed E-state index contributed by atoms with van der Waals surface area (Å²) in [7, 11) is 13.0. The molecule has 8 aliphatic rings. The van der Waals surface area contributed by atoms with Crippen molar-refractivity contribution in [1.29, 1.82) is 0 Å². The maximum absolute atomic E-state index is 15.7. The molecule has 8 rings (SSSR count). The van der Waals surface area contributed by atoms with E-state index in [0.29, 0.717) is 38.0 Å². The molecule has 29 heteroatoms. The van der Waals surface area contributed by atoms with Crippen LogP contribution in [0.2, 0.25) is 0 Å². The molecule has 0 radical (unpaired) electrons. The van der Waals surface area contributed by atoms with Crippen LogP contribution in [-0.4, -0.2) is 282 Å². The van der Waals surface area contributed by atoms with E-state index in [1.54, 1.807) is 19.9 Å². The maximum atomic E-state index is 15.7. The number of carbonyl (C=O) groups is 12. The molecular weight excluding hydrogens is 1370 g/mol. The lowest BCUT2D eigenvalue weighted by atomic mass is 9.73. The highest BCUT2D eigenvalue weighted by Gasteiger charge is 2.57. The minimum Gasteiger partial charge on any atom is -0.347 e. The number of nitrogens with one attached hydrogen (secondary N) is 2. The van der Waals surface area contributed by atoms with Crippen LogP contribution in [0.3, 0.4) is 0 Å². The van der Waals surface area contributed by atoms with Crippen LogP contribution < -0.4 is 10.6 Å². The van der Waals surface area contributed by atoms with E-state index in [1.807, 2.05) is 13.0 Å². The fourth-order valence-corrected chi connectivity index (χ4v) is 17.7. The van der Waals surface area contributed by atoms with Crippen molar-refractivity contribution in [3.05, 3.63) is 12.2 Å². The van der Waals surface area contributed by atoms with Crippen molar-refractivity contribution in [2.75, 3.05) is 89.6 Å². The molecule has 590 valence electrons. The van der Waals surface area contributed by atoms with E-state index < -0.39 is 199 Å². The van der Waals surface area contributed by atoms with Crippen molar-refractivity contribution < 1.29 is 79.5 Å². The number of likely N-dealkylation sites (N-methyl/N-ethyl adjacent to an activating group) is 8. The highest BCUT2D eigenvalue weighted by molar-refractivity contribution is 6.01. The van der Waals surface area contributed by atoms with Crippen molar-refractivity contribution in [3.8, 4) is 0 Å². The quantitative estimate of drug-likeness (QED) is 0.165. The van der Waals surface area contributed by atoms with Crippen LogP contribution >= 0.6 is 0 Å². The summed E-state index contributed by atoms with van der Waals surface area (Å²) < 4.78 is 72.8. The van der Waals surface area contributed by atoms with Gasteiger partial charge in [0.25, 0.3) is 0 Å². The number of alkyl halides is 5. The first-order valence-corrected chi connectivity index (χ1v) is 38.7. The SMILES string of the molecule is CC[C@H](C)[C@@H]1NC(=O)[C@H](CC2CCC2)N(C)C(=O)C[C@@H](C(=O)N(C)C)N(C)C(=O)[C@H](C2CCCC2)N(C)C(=O)C2(CCC2)N(C)C(=O)[C@@H]2C[C@@H](C)CN2C(=O)[C@H](CCC2CC(F)C(C(F)(F)F)C(F)C2)NC(=O)CN(C)C(=O)[C@H](CC2CCC(C)CC2)N2CC/C=C\C[C@@H](C2=O)N(C)C(=O)CN(C)C1=O. The number of carbonyl (C=O) groups excluding carboxylic acids is 12. The molecule has 3 aliphatic heterocycles. The van der Waals surface area contributed by atoms with E-state index in [-0.39, 0.29) is 82.2 Å². The zero-order chi connectivity index (χ0) is 77.4. The first-order valence-electron chi connectivity index (χ1n) is 38.7. The van der Waals surface area contributed by atoms with Crippen LogP contribution in [0, 0.1) is 47.3 Å². The largest absolute Gasteiger partial charge is 0.397 e. The van der Waals surface area contributed by atoms with Crippen molar-refractivity contribution >= 4 is 70.9 Å². The average molecular weight is 1490 g/mol. The summed E-state index contributed by atoms with van der Waals surface area (Å²) in [5, 5.41) is 5.70. The predicted octanol–water partition coefficient (Wildman–Crippen LogP) is 6.53. The standard InChI is InChI=1S/C76H119F5N12O12/c1-14-47(4)64-72(103)86(8)44-62(96)87(9)55-26-16-15-19-35-92(71(55)102)59(40-49-29-27-45(2)28-30-49)69(100)85(7)43-60(94)82-54(32-31-50-37-52(77)63(53(78)38-50)76(79,80)81)67(98)93-42-46(3)36-58(93)70(101)91(13)75(33-21-34-75)74(105)90(12)65(51-24-17-18-25-51)73(104)89(11)57(68(99)84(5)6)41-61(95)88(10)56(66(97)83-64)39-48-22-20-23-48/h15-16,45-59,63-65H,14,17-44H2,1-13H3,(H,82,94)(H,83,97)/b16-15-/t45?,46-,47+,49?,50?,52?,53?,54+,55+,56+,57+,58+,59+,63?,64+,65+/m1/s1. The smallest absolute Gasteiger partial charge is 0.347 e. The number of hydrogen-bond acceptors (Lipinski definition) is 12. The lowest BCUT2D eigenvalue weighted by Crippen LogP contribution is -2.68. The van der Waals surface area contributed by atoms with Gasteiger partial charge in [0.1, 0.15) is 72.1 Å². The van der Waals surface area contributed by atoms with Crippen molar-refractivity contribution in [1.82, 2.24) is 59.6 Å². The molecule has 24 nitrogen and oxygen atoms in total. The van der Waals surface area contributed by atoms with Gasteiger partial charge in [-0.15, -0.1) is 0 Å². The van der Waals surface area contributed by atoms with Crippen LogP contribution in [0.5, 0.6) is 0 Å². The van der Waals surface area contributed by atoms with Gasteiger partial charge in [0.2, 0.25) is 70.9 Å². The zero-order valence-corrected chi connectivity index (χ0v) is 64.3. The van der Waals surface area contributed by atoms with Crippen LogP contribution in [0.1, 0.15) is 188 Å². The monoisotopic (exact) mass is 1490 g/mol. The third kappa shape index (κ3) is 19.3. The normalized spacial score (nSPS) is 33.3. The van der Waals surface area contributed by atoms with Gasteiger partial charge < -0.3 is 59.6 Å². The first kappa shape index (κ1) is 83.7. The topological polar surface area (TPSA) is 261 Å². The molecule has 2 saturated heterocycles. The number of rotatable bonds is 11. The molecule has 0 aromatic carbocycles. The molecule has 12 atom stereocenters. The van der Waals surface area contributed by atoms with Gasteiger partial charge in [-0.3, -0.25) is 57.5 Å². The van der Waals surface area contributed by atoms with Gasteiger partial charge in [-0.1, -0.05) is 104 Å². The van der Waals surface area contributed by atoms with Crippen molar-refractivity contribution in [3.63, 3.8) is 0 Å². The Morgan fingerprint density at radius 3 is 1.79 bits per heavy atom. The van der Waals surface area contributed by atoms with E-state index >= 15 is 47.1 Å². The molecule has 2 N–H and O–H groups in total. The Bertz CT molecular complexity index is 3160. The molecule has 0 aromatic heterocycles. The third-order valence-electron chi connectivity index (χ3n) is 25.2. The van der Waals surface area contributed by atoms with E-state index in [4.69, 9.17) is 0 Å². The molecule has 12 amide bonds. The van der Waals surface area contributed by atoms with E-state index in [0.717, 1.165) is 62.7 Å². The van der Waals surface area contributed by atoms with Crippen molar-refractivity contribution in [2.24, 2.45) is 47.3 Å². The summed E-state index contributed by atoms with van der Waals surface area (Å²) >= 11 is 0. The Hall–Kier alpha value is -6.97. The van der Waals surface area contributed by atoms with Crippen molar-refractivity contribution in [2.45, 2.75) is 261 Å². The van der Waals surface area contributed by atoms with Crippen LogP contribution in [0.25, 0.3) is 0 Å². The highest BCUT2D eigenvalue weighted by atomic mass is 19.4. The van der Waals surface area contributed by atoms with Crippen LogP contribution in [0.4, 0.5) is 22.0 Å². The maximum Gasteiger partial charge on any atom is 0.397 e. The van der Waals surface area contributed by atoms with E-state index in [2.05, 4.69) is 17.6 Å². The Labute approximate surface area is 617 Å². The Kier molecular flexibility index (Phi) is 28.5. The Balaban J connectivity index is 1.19. The summed E-state index contributed by atoms with van der Waals surface area (Å²) in [5.74, 6) is -12.7.